The maximum atomic E-state index is 12.3. The second kappa shape index (κ2) is 5.82. The summed E-state index contributed by atoms with van der Waals surface area (Å²) < 4.78 is 27.0. The van der Waals surface area contributed by atoms with E-state index in [0.717, 1.165) is 11.1 Å². The van der Waals surface area contributed by atoms with Gasteiger partial charge in [-0.05, 0) is 36.2 Å². The Balaban J connectivity index is 1.86. The number of pyridine rings is 1. The van der Waals surface area contributed by atoms with E-state index in [1.54, 1.807) is 43.6 Å². The number of aromatic nitrogens is 3. The van der Waals surface area contributed by atoms with Crippen LogP contribution in [0.3, 0.4) is 0 Å². The second-order valence-electron chi connectivity index (χ2n) is 4.50. The zero-order chi connectivity index (χ0) is 15.6. The van der Waals surface area contributed by atoms with Crippen LogP contribution in [0.5, 0.6) is 0 Å². The average molecular weight is 332 g/mol. The summed E-state index contributed by atoms with van der Waals surface area (Å²) in [6, 6.07) is 10.4. The lowest BCUT2D eigenvalue weighted by Crippen LogP contribution is -2.12. The molecule has 3 aromatic rings. The van der Waals surface area contributed by atoms with E-state index in [0.29, 0.717) is 5.01 Å². The SMILES string of the molecule is Cc1nnc(NS(=O)(=O)c2ccc(-c3cccnc3)cc2)s1. The highest BCUT2D eigenvalue weighted by Crippen LogP contribution is 2.23. The summed E-state index contributed by atoms with van der Waals surface area (Å²) >= 11 is 1.19. The Labute approximate surface area is 131 Å². The maximum absolute atomic E-state index is 12.3. The van der Waals surface area contributed by atoms with E-state index in [-0.39, 0.29) is 10.0 Å². The molecule has 1 aromatic carbocycles. The topological polar surface area (TPSA) is 84.8 Å². The van der Waals surface area contributed by atoms with Crippen molar-refractivity contribution in [1.29, 1.82) is 0 Å². The maximum Gasteiger partial charge on any atom is 0.263 e. The molecule has 6 nitrogen and oxygen atoms in total. The zero-order valence-corrected chi connectivity index (χ0v) is 13.2. The van der Waals surface area contributed by atoms with Crippen LogP contribution >= 0.6 is 11.3 Å². The minimum atomic E-state index is -3.66. The van der Waals surface area contributed by atoms with Crippen molar-refractivity contribution < 1.29 is 8.42 Å². The van der Waals surface area contributed by atoms with Crippen LogP contribution in [0.15, 0.2) is 53.7 Å². The van der Waals surface area contributed by atoms with E-state index in [1.165, 1.54) is 11.3 Å². The van der Waals surface area contributed by atoms with Gasteiger partial charge in [0.2, 0.25) is 5.13 Å². The third kappa shape index (κ3) is 3.12. The quantitative estimate of drug-likeness (QED) is 0.794. The molecule has 8 heteroatoms. The molecule has 0 bridgehead atoms. The van der Waals surface area contributed by atoms with Crippen molar-refractivity contribution in [2.24, 2.45) is 0 Å². The molecule has 0 saturated carbocycles. The van der Waals surface area contributed by atoms with Crippen molar-refractivity contribution in [2.75, 3.05) is 4.72 Å². The predicted octanol–water partition coefficient (Wildman–Crippen LogP) is 2.71. The molecule has 0 spiro atoms. The fraction of sp³-hybridized carbons (Fsp3) is 0.0714. The number of sulfonamides is 1. The average Bonchev–Trinajstić information content (AvgIpc) is 2.93. The molecule has 2 aromatic heterocycles. The molecule has 0 fully saturated rings. The van der Waals surface area contributed by atoms with Gasteiger partial charge < -0.3 is 0 Å². The Morgan fingerprint density at radius 3 is 2.41 bits per heavy atom. The van der Waals surface area contributed by atoms with Crippen LogP contribution < -0.4 is 4.72 Å². The van der Waals surface area contributed by atoms with Gasteiger partial charge in [0, 0.05) is 12.4 Å². The highest BCUT2D eigenvalue weighted by Gasteiger charge is 2.16. The van der Waals surface area contributed by atoms with Gasteiger partial charge >= 0.3 is 0 Å². The van der Waals surface area contributed by atoms with Crippen LogP contribution in [0.4, 0.5) is 5.13 Å². The summed E-state index contributed by atoms with van der Waals surface area (Å²) in [6.45, 7) is 1.76. The van der Waals surface area contributed by atoms with Crippen LogP contribution in [0.1, 0.15) is 5.01 Å². The first-order valence-electron chi connectivity index (χ1n) is 6.38. The molecule has 0 atom stereocenters. The predicted molar refractivity (Wildman–Crippen MR) is 85.1 cm³/mol. The lowest BCUT2D eigenvalue weighted by atomic mass is 10.1. The molecule has 3 rings (SSSR count). The van der Waals surface area contributed by atoms with E-state index in [2.05, 4.69) is 19.9 Å². The lowest BCUT2D eigenvalue weighted by molar-refractivity contribution is 0.601. The molecular formula is C14H12N4O2S2. The fourth-order valence-corrected chi connectivity index (χ4v) is 3.69. The number of benzene rings is 1. The van der Waals surface area contributed by atoms with Gasteiger partial charge in [-0.2, -0.15) is 0 Å². The molecule has 2 heterocycles. The standard InChI is InChI=1S/C14H12N4O2S2/c1-10-16-17-14(21-10)18-22(19,20)13-6-4-11(5-7-13)12-3-2-8-15-9-12/h2-9H,1H3,(H,17,18). The first-order chi connectivity index (χ1) is 10.5. The molecule has 0 aliphatic carbocycles. The Morgan fingerprint density at radius 1 is 1.05 bits per heavy atom. The highest BCUT2D eigenvalue weighted by atomic mass is 32.2. The van der Waals surface area contributed by atoms with Gasteiger partial charge in [-0.25, -0.2) is 8.42 Å². The zero-order valence-electron chi connectivity index (χ0n) is 11.6. The lowest BCUT2D eigenvalue weighted by Gasteiger charge is -2.06. The summed E-state index contributed by atoms with van der Waals surface area (Å²) in [5, 5.41) is 8.50. The fourth-order valence-electron chi connectivity index (χ4n) is 1.87. The van der Waals surface area contributed by atoms with Crippen LogP contribution in [0, 0.1) is 6.92 Å². The number of aryl methyl sites for hydroxylation is 1. The highest BCUT2D eigenvalue weighted by molar-refractivity contribution is 7.93. The largest absolute Gasteiger partial charge is 0.264 e. The number of nitrogens with zero attached hydrogens (tertiary/aromatic N) is 3. The summed E-state index contributed by atoms with van der Waals surface area (Å²) in [5.41, 5.74) is 1.83. The van der Waals surface area contributed by atoms with E-state index in [9.17, 15) is 8.42 Å². The minimum absolute atomic E-state index is 0.174. The monoisotopic (exact) mass is 332 g/mol. The molecule has 112 valence electrons. The van der Waals surface area contributed by atoms with Crippen molar-refractivity contribution in [3.05, 3.63) is 53.8 Å². The van der Waals surface area contributed by atoms with Crippen LogP contribution in [0.25, 0.3) is 11.1 Å². The van der Waals surface area contributed by atoms with Crippen LogP contribution in [0.2, 0.25) is 0 Å². The van der Waals surface area contributed by atoms with Gasteiger partial charge in [-0.1, -0.05) is 29.5 Å². The van der Waals surface area contributed by atoms with Crippen molar-refractivity contribution >= 4 is 26.5 Å². The van der Waals surface area contributed by atoms with Gasteiger partial charge in [0.1, 0.15) is 5.01 Å². The summed E-state index contributed by atoms with van der Waals surface area (Å²) in [6.07, 6.45) is 3.42. The Bertz CT molecular complexity index is 875. The van der Waals surface area contributed by atoms with Gasteiger partial charge in [0.05, 0.1) is 4.90 Å². The molecule has 0 unspecified atom stereocenters. The van der Waals surface area contributed by atoms with E-state index in [1.807, 2.05) is 12.1 Å². The Hall–Kier alpha value is -2.32. The van der Waals surface area contributed by atoms with E-state index >= 15 is 0 Å². The number of hydrogen-bond donors (Lipinski definition) is 1. The first-order valence-corrected chi connectivity index (χ1v) is 8.68. The van der Waals surface area contributed by atoms with Gasteiger partial charge in [0.15, 0.2) is 0 Å². The summed E-state index contributed by atoms with van der Waals surface area (Å²) in [5.74, 6) is 0. The van der Waals surface area contributed by atoms with Crippen LogP contribution in [-0.4, -0.2) is 23.6 Å². The molecule has 0 aliphatic rings. The summed E-state index contributed by atoms with van der Waals surface area (Å²) in [7, 11) is -3.66. The number of rotatable bonds is 4. The molecule has 0 radical (unpaired) electrons. The molecule has 1 N–H and O–H groups in total. The molecule has 0 aliphatic heterocycles. The van der Waals surface area contributed by atoms with Gasteiger partial charge in [-0.15, -0.1) is 10.2 Å². The van der Waals surface area contributed by atoms with Gasteiger partial charge in [-0.3, -0.25) is 9.71 Å². The Kier molecular flexibility index (Phi) is 3.86. The third-order valence-electron chi connectivity index (χ3n) is 2.91. The molecule has 0 saturated heterocycles. The van der Waals surface area contributed by atoms with Crippen molar-refractivity contribution in [2.45, 2.75) is 11.8 Å². The number of hydrogen-bond acceptors (Lipinski definition) is 6. The summed E-state index contributed by atoms with van der Waals surface area (Å²) in [4.78, 5) is 4.22. The minimum Gasteiger partial charge on any atom is -0.264 e. The second-order valence-corrected chi connectivity index (χ2v) is 7.36. The normalized spacial score (nSPS) is 11.3. The van der Waals surface area contributed by atoms with Crippen molar-refractivity contribution in [3.63, 3.8) is 0 Å². The Morgan fingerprint density at radius 2 is 1.82 bits per heavy atom. The van der Waals surface area contributed by atoms with E-state index in [4.69, 9.17) is 0 Å². The number of anilines is 1. The van der Waals surface area contributed by atoms with Gasteiger partial charge in [0.25, 0.3) is 10.0 Å². The molecular weight excluding hydrogens is 320 g/mol. The molecule has 0 amide bonds. The van der Waals surface area contributed by atoms with Crippen molar-refractivity contribution in [3.8, 4) is 11.1 Å². The first kappa shape index (κ1) is 14.6. The van der Waals surface area contributed by atoms with Crippen LogP contribution in [-0.2, 0) is 10.0 Å². The van der Waals surface area contributed by atoms with Crippen molar-refractivity contribution in [1.82, 2.24) is 15.2 Å². The molecule has 22 heavy (non-hydrogen) atoms. The smallest absolute Gasteiger partial charge is 0.263 e. The third-order valence-corrected chi connectivity index (χ3v) is 5.15. The van der Waals surface area contributed by atoms with E-state index < -0.39 is 10.0 Å². The number of nitrogens with one attached hydrogen (secondary N) is 1.